The fourth-order valence-corrected chi connectivity index (χ4v) is 4.17. The zero-order valence-corrected chi connectivity index (χ0v) is 17.4. The van der Waals surface area contributed by atoms with E-state index in [0.717, 1.165) is 17.7 Å². The number of amides is 1. The number of hydrogen-bond acceptors (Lipinski definition) is 6. The molecule has 1 unspecified atom stereocenters. The zero-order valence-electron chi connectivity index (χ0n) is 17.4. The molecule has 3 heterocycles. The SMILES string of the molecule is CCOc1ccc(N2C(=O)C(=O)/C(=C(\O)c3ccc4c(c3)CCO4)C2c2ccco2)cc1. The number of nitrogens with zero attached hydrogens (tertiary/aromatic N) is 1. The maximum atomic E-state index is 13.1. The van der Waals surface area contributed by atoms with E-state index in [1.54, 1.807) is 54.6 Å². The number of aliphatic hydroxyl groups is 1. The topological polar surface area (TPSA) is 89.2 Å². The number of hydrogen-bond donors (Lipinski definition) is 1. The molecule has 0 radical (unpaired) electrons. The molecule has 0 aliphatic carbocycles. The van der Waals surface area contributed by atoms with Crippen molar-refractivity contribution in [3.8, 4) is 11.5 Å². The van der Waals surface area contributed by atoms with Crippen LogP contribution in [0.3, 0.4) is 0 Å². The van der Waals surface area contributed by atoms with Crippen LogP contribution in [0.5, 0.6) is 11.5 Å². The summed E-state index contributed by atoms with van der Waals surface area (Å²) >= 11 is 0. The molecular weight excluding hydrogens is 410 g/mol. The van der Waals surface area contributed by atoms with E-state index in [1.807, 2.05) is 6.92 Å². The van der Waals surface area contributed by atoms with Gasteiger partial charge in [-0.15, -0.1) is 0 Å². The van der Waals surface area contributed by atoms with Crippen LogP contribution in [0.2, 0.25) is 0 Å². The van der Waals surface area contributed by atoms with Crippen LogP contribution in [0.15, 0.2) is 70.9 Å². The molecule has 3 aromatic rings. The summed E-state index contributed by atoms with van der Waals surface area (Å²) in [6, 6.07) is 14.6. The summed E-state index contributed by atoms with van der Waals surface area (Å²) in [5, 5.41) is 11.2. The summed E-state index contributed by atoms with van der Waals surface area (Å²) < 4.78 is 16.6. The maximum Gasteiger partial charge on any atom is 0.300 e. The molecule has 1 fully saturated rings. The molecule has 2 aliphatic rings. The Morgan fingerprint density at radius 3 is 2.69 bits per heavy atom. The molecule has 1 N–H and O–H groups in total. The Hall–Kier alpha value is -4.00. The van der Waals surface area contributed by atoms with E-state index in [0.29, 0.717) is 36.0 Å². The minimum Gasteiger partial charge on any atom is -0.507 e. The Labute approximate surface area is 184 Å². The van der Waals surface area contributed by atoms with E-state index in [2.05, 4.69) is 0 Å². The molecule has 1 amide bonds. The number of benzene rings is 2. The molecule has 0 spiro atoms. The zero-order chi connectivity index (χ0) is 22.2. The lowest BCUT2D eigenvalue weighted by molar-refractivity contribution is -0.132. The molecule has 1 atom stereocenters. The first-order valence-electron chi connectivity index (χ1n) is 10.4. The van der Waals surface area contributed by atoms with Crippen LogP contribution in [0, 0.1) is 0 Å². The molecule has 2 aliphatic heterocycles. The summed E-state index contributed by atoms with van der Waals surface area (Å²) in [6.07, 6.45) is 2.19. The lowest BCUT2D eigenvalue weighted by atomic mass is 9.98. The molecule has 162 valence electrons. The summed E-state index contributed by atoms with van der Waals surface area (Å²) in [5.41, 5.74) is 1.89. The Kier molecular flexibility index (Phi) is 4.93. The first-order valence-corrected chi connectivity index (χ1v) is 10.4. The average molecular weight is 431 g/mol. The number of fused-ring (bicyclic) bond motifs is 1. The van der Waals surface area contributed by atoms with E-state index in [-0.39, 0.29) is 11.3 Å². The molecule has 5 rings (SSSR count). The first kappa shape index (κ1) is 19.9. The monoisotopic (exact) mass is 431 g/mol. The molecule has 0 saturated carbocycles. The molecule has 32 heavy (non-hydrogen) atoms. The largest absolute Gasteiger partial charge is 0.507 e. The van der Waals surface area contributed by atoms with Gasteiger partial charge in [0.2, 0.25) is 0 Å². The molecule has 7 heteroatoms. The van der Waals surface area contributed by atoms with Gasteiger partial charge in [-0.1, -0.05) is 0 Å². The van der Waals surface area contributed by atoms with Crippen molar-refractivity contribution >= 4 is 23.1 Å². The van der Waals surface area contributed by atoms with Crippen molar-refractivity contribution < 1.29 is 28.6 Å². The van der Waals surface area contributed by atoms with Crippen LogP contribution in [0.1, 0.15) is 29.9 Å². The van der Waals surface area contributed by atoms with Gasteiger partial charge in [0, 0.05) is 17.7 Å². The number of ketones is 1. The van der Waals surface area contributed by atoms with Crippen molar-refractivity contribution in [3.05, 3.63) is 83.3 Å². The van der Waals surface area contributed by atoms with Crippen molar-refractivity contribution in [3.63, 3.8) is 0 Å². The van der Waals surface area contributed by atoms with Crippen molar-refractivity contribution in [1.29, 1.82) is 0 Å². The Balaban J connectivity index is 1.63. The number of carbonyl (C=O) groups is 2. The van der Waals surface area contributed by atoms with Gasteiger partial charge in [-0.25, -0.2) is 0 Å². The minimum atomic E-state index is -0.896. The highest BCUT2D eigenvalue weighted by Gasteiger charge is 2.48. The second kappa shape index (κ2) is 7.92. The molecular formula is C25H21NO6. The molecule has 2 aromatic carbocycles. The highest BCUT2D eigenvalue weighted by atomic mass is 16.5. The predicted molar refractivity (Wildman–Crippen MR) is 117 cm³/mol. The number of ether oxygens (including phenoxy) is 2. The molecule has 7 nitrogen and oxygen atoms in total. The average Bonchev–Trinajstić information content (AvgIpc) is 3.54. The number of aliphatic hydroxyl groups excluding tert-OH is 1. The second-order valence-electron chi connectivity index (χ2n) is 7.53. The Bertz CT molecular complexity index is 1210. The van der Waals surface area contributed by atoms with E-state index >= 15 is 0 Å². The second-order valence-corrected chi connectivity index (χ2v) is 7.53. The van der Waals surface area contributed by atoms with Gasteiger partial charge in [-0.3, -0.25) is 14.5 Å². The normalized spacial score (nSPS) is 19.2. The third kappa shape index (κ3) is 3.22. The van der Waals surface area contributed by atoms with Crippen LogP contribution in [-0.2, 0) is 16.0 Å². The van der Waals surface area contributed by atoms with Crippen LogP contribution in [0.4, 0.5) is 5.69 Å². The minimum absolute atomic E-state index is 0.0160. The van der Waals surface area contributed by atoms with Gasteiger partial charge < -0.3 is 19.0 Å². The highest BCUT2D eigenvalue weighted by molar-refractivity contribution is 6.51. The summed E-state index contributed by atoms with van der Waals surface area (Å²) in [4.78, 5) is 27.6. The van der Waals surface area contributed by atoms with Crippen molar-refractivity contribution in [1.82, 2.24) is 0 Å². The van der Waals surface area contributed by atoms with Crippen LogP contribution >= 0.6 is 0 Å². The van der Waals surface area contributed by atoms with E-state index < -0.39 is 17.7 Å². The van der Waals surface area contributed by atoms with E-state index in [9.17, 15) is 14.7 Å². The Morgan fingerprint density at radius 1 is 1.16 bits per heavy atom. The van der Waals surface area contributed by atoms with Gasteiger partial charge in [0.05, 0.1) is 25.1 Å². The van der Waals surface area contributed by atoms with Crippen LogP contribution in [-0.4, -0.2) is 30.0 Å². The van der Waals surface area contributed by atoms with Gasteiger partial charge in [0.15, 0.2) is 0 Å². The quantitative estimate of drug-likeness (QED) is 0.369. The fraction of sp³-hybridized carbons (Fsp3) is 0.200. The van der Waals surface area contributed by atoms with Crippen molar-refractivity contribution in [2.24, 2.45) is 0 Å². The lowest BCUT2D eigenvalue weighted by Crippen LogP contribution is -2.29. The van der Waals surface area contributed by atoms with Gasteiger partial charge in [0.25, 0.3) is 11.7 Å². The smallest absolute Gasteiger partial charge is 0.300 e. The summed E-state index contributed by atoms with van der Waals surface area (Å²) in [5.74, 6) is 0.0508. The van der Waals surface area contributed by atoms with Gasteiger partial charge in [0.1, 0.15) is 29.1 Å². The van der Waals surface area contributed by atoms with Gasteiger partial charge in [-0.05, 0) is 67.1 Å². The van der Waals surface area contributed by atoms with Crippen LogP contribution < -0.4 is 14.4 Å². The lowest BCUT2D eigenvalue weighted by Gasteiger charge is -2.23. The predicted octanol–water partition coefficient (Wildman–Crippen LogP) is 4.24. The third-order valence-electron chi connectivity index (χ3n) is 5.65. The number of Topliss-reactive ketones (excluding diaryl/α,β-unsaturated/α-hetero) is 1. The molecule has 1 aromatic heterocycles. The fourth-order valence-electron chi connectivity index (χ4n) is 4.17. The standard InChI is InChI=1S/C25H21NO6/c1-2-30-18-8-6-17(7-9-18)26-22(20-4-3-12-31-20)21(24(28)25(26)29)23(27)16-5-10-19-15(14-16)11-13-32-19/h3-10,12,14,22,27H,2,11,13H2,1H3/b23-21-. The van der Waals surface area contributed by atoms with E-state index in [1.165, 1.54) is 11.2 Å². The van der Waals surface area contributed by atoms with Gasteiger partial charge >= 0.3 is 0 Å². The summed E-state index contributed by atoms with van der Waals surface area (Å²) in [7, 11) is 0. The number of furan rings is 1. The maximum absolute atomic E-state index is 13.1. The number of rotatable bonds is 5. The first-order chi connectivity index (χ1) is 15.6. The highest BCUT2D eigenvalue weighted by Crippen LogP contribution is 2.43. The van der Waals surface area contributed by atoms with Gasteiger partial charge in [-0.2, -0.15) is 0 Å². The molecule has 1 saturated heterocycles. The third-order valence-corrected chi connectivity index (χ3v) is 5.65. The summed E-state index contributed by atoms with van der Waals surface area (Å²) in [6.45, 7) is 2.98. The van der Waals surface area contributed by atoms with Crippen molar-refractivity contribution in [2.75, 3.05) is 18.1 Å². The van der Waals surface area contributed by atoms with Crippen LogP contribution in [0.25, 0.3) is 5.76 Å². The number of anilines is 1. The van der Waals surface area contributed by atoms with E-state index in [4.69, 9.17) is 13.9 Å². The van der Waals surface area contributed by atoms with Crippen molar-refractivity contribution in [2.45, 2.75) is 19.4 Å². The number of carbonyl (C=O) groups excluding carboxylic acids is 2. The Morgan fingerprint density at radius 2 is 1.97 bits per heavy atom. The molecule has 0 bridgehead atoms.